The predicted molar refractivity (Wildman–Crippen MR) is 24.8 cm³/mol. The van der Waals surface area contributed by atoms with Gasteiger partial charge in [-0.15, -0.1) is 9.24 Å². The van der Waals surface area contributed by atoms with E-state index in [2.05, 4.69) is 23.1 Å². The molecule has 1 atom stereocenters. The normalized spacial score (nSPS) is 7.20. The van der Waals surface area contributed by atoms with E-state index in [9.17, 15) is 0 Å². The van der Waals surface area contributed by atoms with Gasteiger partial charge in [0.15, 0.2) is 0 Å². The van der Waals surface area contributed by atoms with E-state index in [0.29, 0.717) is 0 Å². The van der Waals surface area contributed by atoms with E-state index in [1.807, 2.05) is 0 Å². The maximum absolute atomic E-state index is 2.66. The summed E-state index contributed by atoms with van der Waals surface area (Å²) in [4.78, 5) is 0. The Balaban J connectivity index is 0. The summed E-state index contributed by atoms with van der Waals surface area (Å²) in [6.45, 7) is 4.26. The first-order valence-corrected chi connectivity index (χ1v) is 2.15. The zero-order valence-electron chi connectivity index (χ0n) is 3.73. The second kappa shape index (κ2) is 5.53. The first-order chi connectivity index (χ1) is 1.73. The average Bonchev–Trinajstić information content (AvgIpc) is 0.811. The second-order valence-corrected chi connectivity index (χ2v) is 2.58. The molecule has 0 bridgehead atoms. The van der Waals surface area contributed by atoms with Crippen molar-refractivity contribution >= 4 is 9.24 Å². The molecule has 0 saturated heterocycles. The summed E-state index contributed by atoms with van der Waals surface area (Å²) in [5.74, 6) is 0. The van der Waals surface area contributed by atoms with E-state index in [-0.39, 0.29) is 32.7 Å². The van der Waals surface area contributed by atoms with Crippen LogP contribution in [-0.2, 0) is 32.7 Å². The molecule has 5 heavy (non-hydrogen) atoms. The molecule has 0 aromatic carbocycles. The van der Waals surface area contributed by atoms with Gasteiger partial charge in [0.05, 0.1) is 0 Å². The molecule has 0 aliphatic rings. The minimum Gasteiger partial charge on any atom is -0.135 e. The summed E-state index contributed by atoms with van der Waals surface area (Å²) >= 11 is 0. The van der Waals surface area contributed by atoms with Crippen LogP contribution in [-0.4, -0.2) is 5.66 Å². The number of hydrogen-bond donors (Lipinski definition) is 0. The molecule has 0 aromatic rings. The van der Waals surface area contributed by atoms with Crippen LogP contribution in [0.3, 0.4) is 0 Å². The number of rotatable bonds is 0. The van der Waals surface area contributed by atoms with Crippen molar-refractivity contribution in [3.63, 3.8) is 0 Å². The largest absolute Gasteiger partial charge is 0.135 e. The van der Waals surface area contributed by atoms with Crippen molar-refractivity contribution in [3.05, 3.63) is 0 Å². The molecule has 0 spiro atoms. The van der Waals surface area contributed by atoms with Gasteiger partial charge in [0, 0.05) is 32.7 Å². The molecular weight excluding hydrogens is 156 g/mol. The molecule has 0 fully saturated rings. The van der Waals surface area contributed by atoms with Gasteiger partial charge in [-0.1, -0.05) is 13.8 Å². The third kappa shape index (κ3) is 29.4. The van der Waals surface area contributed by atoms with Crippen molar-refractivity contribution in [1.82, 2.24) is 0 Å². The first-order valence-electron chi connectivity index (χ1n) is 1.49. The Morgan fingerprint density at radius 2 is 1.40 bits per heavy atom. The Morgan fingerprint density at radius 3 is 1.40 bits per heavy atom. The molecule has 0 amide bonds. The van der Waals surface area contributed by atoms with Crippen LogP contribution in [0.1, 0.15) is 13.8 Å². The van der Waals surface area contributed by atoms with Crippen LogP contribution in [0.25, 0.3) is 0 Å². The van der Waals surface area contributed by atoms with Crippen LogP contribution in [0.2, 0.25) is 0 Å². The topological polar surface area (TPSA) is 0 Å². The van der Waals surface area contributed by atoms with Gasteiger partial charge in [-0.3, -0.25) is 0 Å². The number of hydrogen-bond acceptors (Lipinski definition) is 0. The van der Waals surface area contributed by atoms with E-state index in [4.69, 9.17) is 0 Å². The fourth-order valence-electron chi connectivity index (χ4n) is 0. The van der Waals surface area contributed by atoms with Gasteiger partial charge in [-0.05, 0) is 5.66 Å². The van der Waals surface area contributed by atoms with Crippen LogP contribution in [0.4, 0.5) is 0 Å². The molecule has 2 heteroatoms. The molecule has 0 aliphatic heterocycles. The zero-order valence-corrected chi connectivity index (χ0v) is 7.73. The monoisotopic (exact) mass is 165 g/mol. The fourth-order valence-corrected chi connectivity index (χ4v) is 0. The molecule has 0 N–H and O–H groups in total. The fraction of sp³-hybridized carbons (Fsp3) is 1.00. The molecular formula is C3H9PY. The standard InChI is InChI=1S/C3H9P.Y/c1-3(2)4;/h3H,4H2,1-2H3;. The first kappa shape index (κ1) is 9.73. The van der Waals surface area contributed by atoms with E-state index in [1.165, 1.54) is 0 Å². The Morgan fingerprint density at radius 1 is 1.40 bits per heavy atom. The minimum absolute atomic E-state index is 0. The Kier molecular flexibility index (Phi) is 10.8. The van der Waals surface area contributed by atoms with Gasteiger partial charge in [0.1, 0.15) is 0 Å². The van der Waals surface area contributed by atoms with Crippen molar-refractivity contribution in [2.24, 2.45) is 0 Å². The SMILES string of the molecule is CC(C)P.[Y]. The van der Waals surface area contributed by atoms with E-state index < -0.39 is 0 Å². The quantitative estimate of drug-likeness (QED) is 0.474. The van der Waals surface area contributed by atoms with Gasteiger partial charge in [0.25, 0.3) is 0 Å². The van der Waals surface area contributed by atoms with Crippen LogP contribution in [0.5, 0.6) is 0 Å². The van der Waals surface area contributed by atoms with Crippen molar-refractivity contribution in [3.8, 4) is 0 Å². The molecule has 0 nitrogen and oxygen atoms in total. The summed E-state index contributed by atoms with van der Waals surface area (Å²) < 4.78 is 0. The van der Waals surface area contributed by atoms with Crippen molar-refractivity contribution < 1.29 is 32.7 Å². The summed E-state index contributed by atoms with van der Waals surface area (Å²) in [5.41, 5.74) is 0.750. The predicted octanol–water partition coefficient (Wildman–Crippen LogP) is 1.27. The Labute approximate surface area is 61.2 Å². The Hall–Kier alpha value is 1.53. The molecule has 0 heterocycles. The smallest absolute Gasteiger partial charge is 0 e. The van der Waals surface area contributed by atoms with Crippen LogP contribution in [0, 0.1) is 0 Å². The summed E-state index contributed by atoms with van der Waals surface area (Å²) in [7, 11) is 2.66. The maximum atomic E-state index is 2.66. The summed E-state index contributed by atoms with van der Waals surface area (Å²) in [5, 5.41) is 0. The van der Waals surface area contributed by atoms with Crippen LogP contribution < -0.4 is 0 Å². The van der Waals surface area contributed by atoms with Gasteiger partial charge >= 0.3 is 0 Å². The zero-order chi connectivity index (χ0) is 3.58. The summed E-state index contributed by atoms with van der Waals surface area (Å²) in [6, 6.07) is 0. The van der Waals surface area contributed by atoms with E-state index >= 15 is 0 Å². The molecule has 0 rings (SSSR count). The Bertz CT molecular complexity index is 11.6. The average molecular weight is 165 g/mol. The van der Waals surface area contributed by atoms with Gasteiger partial charge < -0.3 is 0 Å². The molecule has 0 saturated carbocycles. The third-order valence-electron chi connectivity index (χ3n) is 0. The van der Waals surface area contributed by atoms with Gasteiger partial charge in [0.2, 0.25) is 0 Å². The molecule has 0 aliphatic carbocycles. The van der Waals surface area contributed by atoms with E-state index in [1.54, 1.807) is 0 Å². The van der Waals surface area contributed by atoms with Crippen LogP contribution >= 0.6 is 9.24 Å². The van der Waals surface area contributed by atoms with Gasteiger partial charge in [-0.25, -0.2) is 0 Å². The van der Waals surface area contributed by atoms with Crippen molar-refractivity contribution in [2.45, 2.75) is 19.5 Å². The summed E-state index contributed by atoms with van der Waals surface area (Å²) in [6.07, 6.45) is 0. The van der Waals surface area contributed by atoms with Crippen LogP contribution in [0.15, 0.2) is 0 Å². The second-order valence-electron chi connectivity index (χ2n) is 1.24. The van der Waals surface area contributed by atoms with Gasteiger partial charge in [-0.2, -0.15) is 0 Å². The van der Waals surface area contributed by atoms with Crippen molar-refractivity contribution in [1.29, 1.82) is 0 Å². The molecule has 1 unspecified atom stereocenters. The van der Waals surface area contributed by atoms with E-state index in [0.717, 1.165) is 5.66 Å². The minimum atomic E-state index is 0. The third-order valence-corrected chi connectivity index (χ3v) is 0. The molecule has 29 valence electrons. The molecule has 0 aromatic heterocycles. The molecule has 1 radical (unpaired) electrons. The van der Waals surface area contributed by atoms with Crippen molar-refractivity contribution in [2.75, 3.05) is 0 Å². The maximum Gasteiger partial charge on any atom is 0 e.